The van der Waals surface area contributed by atoms with Crippen LogP contribution < -0.4 is 5.32 Å². The van der Waals surface area contributed by atoms with Gasteiger partial charge in [0, 0.05) is 17.8 Å². The standard InChI is InChI=1S/C22H25N/c1-2-10-18-11-6-7-14-20(18)17-23-22-16-9-8-15-21(22)19-12-4-3-5-13-19/h2-5,7,10,12-16,23H,6,8-9,11,17H2,1H3/b10-2-. The van der Waals surface area contributed by atoms with E-state index in [4.69, 9.17) is 0 Å². The van der Waals surface area contributed by atoms with E-state index in [0.29, 0.717) is 0 Å². The Morgan fingerprint density at radius 2 is 1.87 bits per heavy atom. The van der Waals surface area contributed by atoms with Crippen molar-refractivity contribution >= 4 is 5.57 Å². The molecule has 1 N–H and O–H groups in total. The first-order valence-electron chi connectivity index (χ1n) is 8.59. The summed E-state index contributed by atoms with van der Waals surface area (Å²) in [4.78, 5) is 0. The summed E-state index contributed by atoms with van der Waals surface area (Å²) in [7, 11) is 0. The van der Waals surface area contributed by atoms with Gasteiger partial charge in [-0.2, -0.15) is 0 Å². The Hall–Kier alpha value is -2.28. The molecule has 23 heavy (non-hydrogen) atoms. The molecule has 0 aromatic heterocycles. The van der Waals surface area contributed by atoms with E-state index in [2.05, 4.69) is 79.0 Å². The molecule has 2 aliphatic rings. The third-order valence-electron chi connectivity index (χ3n) is 4.39. The number of hydrogen-bond acceptors (Lipinski definition) is 1. The van der Waals surface area contributed by atoms with Crippen LogP contribution in [0.4, 0.5) is 0 Å². The van der Waals surface area contributed by atoms with Crippen LogP contribution in [0.3, 0.4) is 0 Å². The number of hydrogen-bond donors (Lipinski definition) is 1. The maximum absolute atomic E-state index is 3.68. The van der Waals surface area contributed by atoms with Crippen molar-refractivity contribution in [2.24, 2.45) is 0 Å². The zero-order valence-corrected chi connectivity index (χ0v) is 13.9. The Kier molecular flexibility index (Phi) is 5.31. The molecule has 0 saturated carbocycles. The van der Waals surface area contributed by atoms with Crippen LogP contribution in [0.1, 0.15) is 38.2 Å². The zero-order chi connectivity index (χ0) is 15.9. The largest absolute Gasteiger partial charge is 0.381 e. The van der Waals surface area contributed by atoms with Crippen molar-refractivity contribution in [2.75, 3.05) is 6.54 Å². The fraction of sp³-hybridized carbons (Fsp3) is 0.273. The molecule has 0 radical (unpaired) electrons. The molecule has 3 rings (SSSR count). The predicted octanol–water partition coefficient (Wildman–Crippen LogP) is 5.56. The third kappa shape index (κ3) is 3.92. The molecule has 1 heteroatoms. The second-order valence-corrected chi connectivity index (χ2v) is 6.02. The molecule has 1 aromatic rings. The molecule has 0 fully saturated rings. The minimum absolute atomic E-state index is 0.895. The third-order valence-corrected chi connectivity index (χ3v) is 4.39. The van der Waals surface area contributed by atoms with Crippen molar-refractivity contribution in [3.8, 4) is 0 Å². The summed E-state index contributed by atoms with van der Waals surface area (Å²) in [6.07, 6.45) is 18.2. The molecule has 1 aromatic carbocycles. The van der Waals surface area contributed by atoms with Gasteiger partial charge in [0.15, 0.2) is 0 Å². The van der Waals surface area contributed by atoms with E-state index in [1.165, 1.54) is 28.0 Å². The molecule has 0 heterocycles. The summed E-state index contributed by atoms with van der Waals surface area (Å²) in [5.41, 5.74) is 6.78. The van der Waals surface area contributed by atoms with Gasteiger partial charge in [0.2, 0.25) is 0 Å². The number of benzene rings is 1. The summed E-state index contributed by atoms with van der Waals surface area (Å²) in [5.74, 6) is 0. The highest BCUT2D eigenvalue weighted by Gasteiger charge is 2.12. The molecule has 1 nitrogen and oxygen atoms in total. The summed E-state index contributed by atoms with van der Waals surface area (Å²) < 4.78 is 0. The Morgan fingerprint density at radius 1 is 1.04 bits per heavy atom. The Bertz CT molecular complexity index is 684. The minimum atomic E-state index is 0.895. The van der Waals surface area contributed by atoms with Gasteiger partial charge in [-0.3, -0.25) is 0 Å². The van der Waals surface area contributed by atoms with E-state index in [0.717, 1.165) is 32.2 Å². The van der Waals surface area contributed by atoms with Crippen molar-refractivity contribution in [3.05, 3.63) is 89.2 Å². The fourth-order valence-electron chi connectivity index (χ4n) is 3.22. The summed E-state index contributed by atoms with van der Waals surface area (Å²) in [6.45, 7) is 2.99. The molecule has 0 atom stereocenters. The van der Waals surface area contributed by atoms with Crippen molar-refractivity contribution in [1.82, 2.24) is 5.32 Å². The van der Waals surface area contributed by atoms with Gasteiger partial charge in [0.1, 0.15) is 0 Å². The van der Waals surface area contributed by atoms with E-state index in [1.54, 1.807) is 0 Å². The average molecular weight is 303 g/mol. The Balaban J connectivity index is 1.75. The van der Waals surface area contributed by atoms with Gasteiger partial charge < -0.3 is 5.32 Å². The first-order valence-corrected chi connectivity index (χ1v) is 8.59. The van der Waals surface area contributed by atoms with Crippen LogP contribution in [0.5, 0.6) is 0 Å². The molecule has 0 spiro atoms. The van der Waals surface area contributed by atoms with Gasteiger partial charge in [-0.05, 0) is 49.3 Å². The van der Waals surface area contributed by atoms with Gasteiger partial charge >= 0.3 is 0 Å². The van der Waals surface area contributed by atoms with Crippen LogP contribution in [-0.2, 0) is 0 Å². The van der Waals surface area contributed by atoms with Gasteiger partial charge in [0.05, 0.1) is 0 Å². The fourth-order valence-corrected chi connectivity index (χ4v) is 3.22. The highest BCUT2D eigenvalue weighted by molar-refractivity contribution is 5.79. The zero-order valence-electron chi connectivity index (χ0n) is 13.9. The topological polar surface area (TPSA) is 12.0 Å². The predicted molar refractivity (Wildman–Crippen MR) is 100.0 cm³/mol. The van der Waals surface area contributed by atoms with Crippen molar-refractivity contribution in [2.45, 2.75) is 32.6 Å². The Labute approximate surface area is 139 Å². The molecule has 118 valence electrons. The number of nitrogens with one attached hydrogen (secondary N) is 1. The molecule has 0 saturated heterocycles. The average Bonchev–Trinajstić information content (AvgIpc) is 2.62. The van der Waals surface area contributed by atoms with Gasteiger partial charge in [-0.25, -0.2) is 0 Å². The second-order valence-electron chi connectivity index (χ2n) is 6.02. The summed E-state index contributed by atoms with van der Waals surface area (Å²) in [5, 5.41) is 3.68. The highest BCUT2D eigenvalue weighted by Crippen LogP contribution is 2.27. The van der Waals surface area contributed by atoms with E-state index < -0.39 is 0 Å². The van der Waals surface area contributed by atoms with Crippen LogP contribution in [0.2, 0.25) is 0 Å². The quantitative estimate of drug-likeness (QED) is 0.751. The highest BCUT2D eigenvalue weighted by atomic mass is 14.9. The first-order chi connectivity index (χ1) is 11.4. The van der Waals surface area contributed by atoms with Crippen LogP contribution in [-0.4, -0.2) is 6.54 Å². The smallest absolute Gasteiger partial charge is 0.0403 e. The summed E-state index contributed by atoms with van der Waals surface area (Å²) >= 11 is 0. The van der Waals surface area contributed by atoms with Crippen molar-refractivity contribution in [1.29, 1.82) is 0 Å². The lowest BCUT2D eigenvalue weighted by Crippen LogP contribution is -2.19. The lowest BCUT2D eigenvalue weighted by molar-refractivity contribution is 0.855. The van der Waals surface area contributed by atoms with Gasteiger partial charge in [-0.15, -0.1) is 0 Å². The van der Waals surface area contributed by atoms with Crippen LogP contribution in [0.15, 0.2) is 83.6 Å². The number of rotatable bonds is 5. The maximum atomic E-state index is 3.68. The van der Waals surface area contributed by atoms with E-state index >= 15 is 0 Å². The lowest BCUT2D eigenvalue weighted by atomic mass is 9.94. The van der Waals surface area contributed by atoms with Crippen LogP contribution in [0.25, 0.3) is 5.57 Å². The number of allylic oxidation sites excluding steroid dienone is 7. The van der Waals surface area contributed by atoms with Crippen LogP contribution >= 0.6 is 0 Å². The van der Waals surface area contributed by atoms with E-state index in [9.17, 15) is 0 Å². The molecule has 0 bridgehead atoms. The first kappa shape index (κ1) is 15.6. The normalized spacial score (nSPS) is 18.1. The minimum Gasteiger partial charge on any atom is -0.381 e. The van der Waals surface area contributed by atoms with E-state index in [1.807, 2.05) is 0 Å². The van der Waals surface area contributed by atoms with Gasteiger partial charge in [-0.1, -0.05) is 66.8 Å². The molecule has 0 unspecified atom stereocenters. The summed E-state index contributed by atoms with van der Waals surface area (Å²) in [6, 6.07) is 10.7. The Morgan fingerprint density at radius 3 is 2.70 bits per heavy atom. The lowest BCUT2D eigenvalue weighted by Gasteiger charge is -2.21. The molecule has 0 aliphatic heterocycles. The van der Waals surface area contributed by atoms with E-state index in [-0.39, 0.29) is 0 Å². The monoisotopic (exact) mass is 303 g/mol. The SMILES string of the molecule is C/C=C\C1=C(CNC2=CCCC=C2c2ccccc2)C=CCC1. The molecular weight excluding hydrogens is 278 g/mol. The molecule has 0 amide bonds. The van der Waals surface area contributed by atoms with Crippen molar-refractivity contribution < 1.29 is 0 Å². The molecular formula is C22H25N. The van der Waals surface area contributed by atoms with Crippen LogP contribution in [0, 0.1) is 0 Å². The van der Waals surface area contributed by atoms with Gasteiger partial charge in [0.25, 0.3) is 0 Å². The second kappa shape index (κ2) is 7.82. The maximum Gasteiger partial charge on any atom is 0.0403 e. The van der Waals surface area contributed by atoms with Crippen molar-refractivity contribution in [3.63, 3.8) is 0 Å². The molecule has 2 aliphatic carbocycles.